The lowest BCUT2D eigenvalue weighted by Crippen LogP contribution is -2.42. The van der Waals surface area contributed by atoms with Gasteiger partial charge in [-0.1, -0.05) is 5.21 Å². The van der Waals surface area contributed by atoms with Crippen molar-refractivity contribution in [3.8, 4) is 0 Å². The van der Waals surface area contributed by atoms with Crippen molar-refractivity contribution in [1.82, 2.24) is 25.2 Å². The van der Waals surface area contributed by atoms with Gasteiger partial charge in [0, 0.05) is 12.6 Å². The van der Waals surface area contributed by atoms with Crippen LogP contribution in [0, 0.1) is 0 Å². The number of hydrogen-bond acceptors (Lipinski definition) is 4. The molecule has 2 aliphatic heterocycles. The maximum Gasteiger partial charge on any atom is 0.276 e. The molecule has 0 aliphatic carbocycles. The summed E-state index contributed by atoms with van der Waals surface area (Å²) >= 11 is 0. The Kier molecular flexibility index (Phi) is 5.58. The highest BCUT2D eigenvalue weighted by Crippen LogP contribution is 2.20. The van der Waals surface area contributed by atoms with Crippen molar-refractivity contribution in [2.24, 2.45) is 0 Å². The van der Waals surface area contributed by atoms with E-state index in [1.165, 1.54) is 6.42 Å². The zero-order valence-electron chi connectivity index (χ0n) is 12.5. The number of aromatic nitrogens is 3. The van der Waals surface area contributed by atoms with Gasteiger partial charge in [0.15, 0.2) is 5.69 Å². The van der Waals surface area contributed by atoms with Crippen LogP contribution in [-0.4, -0.2) is 51.5 Å². The number of hydrogen-bond donors (Lipinski definition) is 1. The average molecular weight is 314 g/mol. The SMILES string of the molecule is CC1CCCCN1C(=O)c1cn(C2CCNCC2)nn1.Cl. The number of piperidine rings is 2. The molecule has 0 radical (unpaired) electrons. The van der Waals surface area contributed by atoms with Crippen LogP contribution in [0.25, 0.3) is 0 Å². The van der Waals surface area contributed by atoms with Crippen LogP contribution in [-0.2, 0) is 0 Å². The van der Waals surface area contributed by atoms with Crippen LogP contribution >= 0.6 is 12.4 Å². The molecule has 1 amide bonds. The van der Waals surface area contributed by atoms with E-state index < -0.39 is 0 Å². The highest BCUT2D eigenvalue weighted by molar-refractivity contribution is 5.92. The first-order valence-electron chi connectivity index (χ1n) is 7.69. The zero-order chi connectivity index (χ0) is 13.9. The molecular formula is C14H24ClN5O. The average Bonchev–Trinajstić information content (AvgIpc) is 2.98. The Morgan fingerprint density at radius 3 is 2.76 bits per heavy atom. The Morgan fingerprint density at radius 1 is 1.29 bits per heavy atom. The number of rotatable bonds is 2. The number of likely N-dealkylation sites (tertiary alicyclic amines) is 1. The molecule has 3 rings (SSSR count). The fraction of sp³-hybridized carbons (Fsp3) is 0.786. The van der Waals surface area contributed by atoms with Gasteiger partial charge in [0.1, 0.15) is 0 Å². The second-order valence-corrected chi connectivity index (χ2v) is 5.91. The van der Waals surface area contributed by atoms with Gasteiger partial charge in [0.25, 0.3) is 5.91 Å². The number of carbonyl (C=O) groups is 1. The predicted molar refractivity (Wildman–Crippen MR) is 82.8 cm³/mol. The van der Waals surface area contributed by atoms with E-state index in [1.807, 2.05) is 15.8 Å². The Morgan fingerprint density at radius 2 is 2.05 bits per heavy atom. The normalized spacial score (nSPS) is 23.7. The smallest absolute Gasteiger partial charge is 0.276 e. The summed E-state index contributed by atoms with van der Waals surface area (Å²) in [5, 5.41) is 11.6. The number of halogens is 1. The van der Waals surface area contributed by atoms with Gasteiger partial charge in [0.05, 0.1) is 12.2 Å². The highest BCUT2D eigenvalue weighted by atomic mass is 35.5. The highest BCUT2D eigenvalue weighted by Gasteiger charge is 2.27. The third kappa shape index (κ3) is 3.55. The van der Waals surface area contributed by atoms with E-state index in [4.69, 9.17) is 0 Å². The molecule has 2 saturated heterocycles. The fourth-order valence-corrected chi connectivity index (χ4v) is 3.17. The van der Waals surface area contributed by atoms with Crippen LogP contribution in [0.15, 0.2) is 6.20 Å². The molecule has 1 atom stereocenters. The van der Waals surface area contributed by atoms with Gasteiger partial charge in [0.2, 0.25) is 0 Å². The van der Waals surface area contributed by atoms with E-state index in [9.17, 15) is 4.79 Å². The first-order valence-corrected chi connectivity index (χ1v) is 7.69. The quantitative estimate of drug-likeness (QED) is 0.901. The Balaban J connectivity index is 0.00000161. The first-order chi connectivity index (χ1) is 9.75. The van der Waals surface area contributed by atoms with Crippen molar-refractivity contribution in [2.75, 3.05) is 19.6 Å². The molecule has 1 N–H and O–H groups in total. The third-order valence-corrected chi connectivity index (χ3v) is 4.48. The molecular weight excluding hydrogens is 290 g/mol. The predicted octanol–water partition coefficient (Wildman–Crippen LogP) is 1.64. The van der Waals surface area contributed by atoms with Crippen LogP contribution in [0.3, 0.4) is 0 Å². The van der Waals surface area contributed by atoms with E-state index in [0.717, 1.165) is 45.3 Å². The van der Waals surface area contributed by atoms with Crippen molar-refractivity contribution < 1.29 is 4.79 Å². The summed E-state index contributed by atoms with van der Waals surface area (Å²) in [5.74, 6) is 0.0392. The number of amides is 1. The summed E-state index contributed by atoms with van der Waals surface area (Å²) in [4.78, 5) is 14.4. The minimum absolute atomic E-state index is 0. The number of carbonyl (C=O) groups excluding carboxylic acids is 1. The van der Waals surface area contributed by atoms with Crippen LogP contribution in [0.5, 0.6) is 0 Å². The number of nitrogens with zero attached hydrogens (tertiary/aromatic N) is 4. The van der Waals surface area contributed by atoms with Gasteiger partial charge in [-0.2, -0.15) is 0 Å². The molecule has 0 saturated carbocycles. The second kappa shape index (κ2) is 7.22. The van der Waals surface area contributed by atoms with E-state index in [2.05, 4.69) is 22.6 Å². The molecule has 0 spiro atoms. The van der Waals surface area contributed by atoms with E-state index in [0.29, 0.717) is 17.8 Å². The van der Waals surface area contributed by atoms with Crippen LogP contribution in [0.2, 0.25) is 0 Å². The lowest BCUT2D eigenvalue weighted by Gasteiger charge is -2.32. The molecule has 2 aliphatic rings. The molecule has 1 aromatic rings. The molecule has 21 heavy (non-hydrogen) atoms. The second-order valence-electron chi connectivity index (χ2n) is 5.91. The molecule has 0 bridgehead atoms. The largest absolute Gasteiger partial charge is 0.335 e. The lowest BCUT2D eigenvalue weighted by atomic mass is 10.0. The van der Waals surface area contributed by atoms with Gasteiger partial charge in [-0.3, -0.25) is 4.79 Å². The first kappa shape index (κ1) is 16.2. The summed E-state index contributed by atoms with van der Waals surface area (Å²) in [7, 11) is 0. The van der Waals surface area contributed by atoms with Gasteiger partial charge < -0.3 is 10.2 Å². The van der Waals surface area contributed by atoms with Crippen molar-refractivity contribution in [1.29, 1.82) is 0 Å². The topological polar surface area (TPSA) is 63.1 Å². The minimum atomic E-state index is 0. The maximum atomic E-state index is 12.5. The van der Waals surface area contributed by atoms with Crippen molar-refractivity contribution in [2.45, 2.75) is 51.1 Å². The Labute approximate surface area is 131 Å². The summed E-state index contributed by atoms with van der Waals surface area (Å²) in [6.45, 7) is 4.99. The lowest BCUT2D eigenvalue weighted by molar-refractivity contribution is 0.0629. The fourth-order valence-electron chi connectivity index (χ4n) is 3.17. The number of nitrogens with one attached hydrogen (secondary N) is 1. The molecule has 1 unspecified atom stereocenters. The monoisotopic (exact) mass is 313 g/mol. The van der Waals surface area contributed by atoms with Crippen LogP contribution < -0.4 is 5.32 Å². The maximum absolute atomic E-state index is 12.5. The molecule has 118 valence electrons. The van der Waals surface area contributed by atoms with E-state index >= 15 is 0 Å². The zero-order valence-corrected chi connectivity index (χ0v) is 13.3. The molecule has 3 heterocycles. The van der Waals surface area contributed by atoms with Crippen molar-refractivity contribution >= 4 is 18.3 Å². The minimum Gasteiger partial charge on any atom is -0.335 e. The standard InChI is InChI=1S/C14H23N5O.ClH/c1-11-4-2-3-9-18(11)14(20)13-10-19(17-16-13)12-5-7-15-8-6-12;/h10-12,15H,2-9H2,1H3;1H. The molecule has 2 fully saturated rings. The van der Waals surface area contributed by atoms with Gasteiger partial charge in [-0.25, -0.2) is 4.68 Å². The molecule has 1 aromatic heterocycles. The molecule has 7 heteroatoms. The van der Waals surface area contributed by atoms with E-state index in [1.54, 1.807) is 0 Å². The molecule has 0 aromatic carbocycles. The summed E-state index contributed by atoms with van der Waals surface area (Å²) in [5.41, 5.74) is 0.497. The van der Waals surface area contributed by atoms with Gasteiger partial charge in [-0.15, -0.1) is 17.5 Å². The van der Waals surface area contributed by atoms with Gasteiger partial charge >= 0.3 is 0 Å². The van der Waals surface area contributed by atoms with Crippen LogP contribution in [0.4, 0.5) is 0 Å². The Hall–Kier alpha value is -1.14. The summed E-state index contributed by atoms with van der Waals surface area (Å²) < 4.78 is 1.88. The van der Waals surface area contributed by atoms with Crippen molar-refractivity contribution in [3.05, 3.63) is 11.9 Å². The summed E-state index contributed by atoms with van der Waals surface area (Å²) in [6.07, 6.45) is 7.34. The van der Waals surface area contributed by atoms with E-state index in [-0.39, 0.29) is 18.3 Å². The Bertz CT molecular complexity index is 472. The third-order valence-electron chi connectivity index (χ3n) is 4.48. The van der Waals surface area contributed by atoms with Gasteiger partial charge in [-0.05, 0) is 52.1 Å². The van der Waals surface area contributed by atoms with Crippen LogP contribution in [0.1, 0.15) is 55.6 Å². The summed E-state index contributed by atoms with van der Waals surface area (Å²) in [6, 6.07) is 0.698. The molecule has 6 nitrogen and oxygen atoms in total. The van der Waals surface area contributed by atoms with Crippen molar-refractivity contribution in [3.63, 3.8) is 0 Å².